The van der Waals surface area contributed by atoms with Crippen LogP contribution in [-0.2, 0) is 19.4 Å². The Kier molecular flexibility index (Phi) is 7.05. The van der Waals surface area contributed by atoms with Crippen LogP contribution in [0.5, 0.6) is 0 Å². The van der Waals surface area contributed by atoms with E-state index in [1.807, 2.05) is 0 Å². The van der Waals surface area contributed by atoms with E-state index >= 15 is 0 Å². The van der Waals surface area contributed by atoms with Gasteiger partial charge in [-0.05, 0) is 36.1 Å². The summed E-state index contributed by atoms with van der Waals surface area (Å²) >= 11 is 0. The van der Waals surface area contributed by atoms with Crippen molar-refractivity contribution in [1.29, 1.82) is 0 Å². The third-order valence-electron chi connectivity index (χ3n) is 4.39. The molecule has 1 aromatic heterocycles. The van der Waals surface area contributed by atoms with E-state index in [1.54, 1.807) is 36.4 Å². The first-order valence-electron chi connectivity index (χ1n) is 9.26. The average Bonchev–Trinajstić information content (AvgIpc) is 3.11. The van der Waals surface area contributed by atoms with E-state index in [1.165, 1.54) is 24.4 Å². The second kappa shape index (κ2) is 9.91. The van der Waals surface area contributed by atoms with Crippen molar-refractivity contribution in [3.63, 3.8) is 0 Å². The Balaban J connectivity index is 1.71. The number of benzene rings is 2. The lowest BCUT2D eigenvalue weighted by Crippen LogP contribution is -2.41. The number of nitrogens with one attached hydrogen (secondary N) is 2. The number of nitrogens with zero attached hydrogens (tertiary/aromatic N) is 2. The summed E-state index contributed by atoms with van der Waals surface area (Å²) in [5.41, 5.74) is 0.751. The van der Waals surface area contributed by atoms with E-state index in [-0.39, 0.29) is 18.7 Å². The maximum Gasteiger partial charge on any atom is 0.320 e. The molecule has 0 aliphatic rings. The molecule has 0 unspecified atom stereocenters. The van der Waals surface area contributed by atoms with Gasteiger partial charge in [-0.25, -0.2) is 22.4 Å². The minimum atomic E-state index is -2.57. The van der Waals surface area contributed by atoms with E-state index in [0.29, 0.717) is 11.1 Å². The van der Waals surface area contributed by atoms with Crippen molar-refractivity contribution in [3.05, 3.63) is 83.6 Å². The Hall–Kier alpha value is -3.36. The van der Waals surface area contributed by atoms with Gasteiger partial charge < -0.3 is 5.32 Å². The SMILES string of the molecule is O=C(Nc1ccn(CC(F)F)n1)NC(Cc1ccccc1F)Cc1ccccc1F. The van der Waals surface area contributed by atoms with Gasteiger partial charge in [-0.2, -0.15) is 5.10 Å². The monoisotopic (exact) mass is 420 g/mol. The first-order valence-corrected chi connectivity index (χ1v) is 9.26. The standard InChI is InChI=1S/C21H20F4N4O/c22-17-7-3-1-5-14(17)11-16(12-15-6-2-4-8-18(15)23)26-21(30)27-20-9-10-29(28-20)13-19(24)25/h1-10,16,19H,11-13H2,(H2,26,27,28,30). The lowest BCUT2D eigenvalue weighted by Gasteiger charge is -2.20. The first-order chi connectivity index (χ1) is 14.4. The zero-order chi connectivity index (χ0) is 21.5. The Morgan fingerprint density at radius 3 is 2.03 bits per heavy atom. The molecule has 0 fully saturated rings. The number of hydrogen-bond donors (Lipinski definition) is 2. The lowest BCUT2D eigenvalue weighted by molar-refractivity contribution is 0.122. The summed E-state index contributed by atoms with van der Waals surface area (Å²) in [4.78, 5) is 12.4. The number of amides is 2. The van der Waals surface area contributed by atoms with Gasteiger partial charge in [0.25, 0.3) is 6.43 Å². The third kappa shape index (κ3) is 6.07. The van der Waals surface area contributed by atoms with Gasteiger partial charge in [-0.3, -0.25) is 10.00 Å². The molecule has 0 aliphatic carbocycles. The van der Waals surface area contributed by atoms with Gasteiger partial charge in [0, 0.05) is 18.3 Å². The quantitative estimate of drug-likeness (QED) is 0.531. The highest BCUT2D eigenvalue weighted by Gasteiger charge is 2.18. The van der Waals surface area contributed by atoms with Crippen molar-refractivity contribution in [1.82, 2.24) is 15.1 Å². The largest absolute Gasteiger partial charge is 0.334 e. The van der Waals surface area contributed by atoms with Gasteiger partial charge in [-0.1, -0.05) is 36.4 Å². The molecule has 3 aromatic rings. The fourth-order valence-corrected chi connectivity index (χ4v) is 3.04. The van der Waals surface area contributed by atoms with Crippen LogP contribution >= 0.6 is 0 Å². The van der Waals surface area contributed by atoms with E-state index in [2.05, 4.69) is 15.7 Å². The van der Waals surface area contributed by atoms with E-state index in [0.717, 1.165) is 4.68 Å². The summed E-state index contributed by atoms with van der Waals surface area (Å²) < 4.78 is 54.0. The summed E-state index contributed by atoms with van der Waals surface area (Å²) in [5.74, 6) is -0.767. The number of rotatable bonds is 8. The Morgan fingerprint density at radius 1 is 0.933 bits per heavy atom. The second-order valence-corrected chi connectivity index (χ2v) is 6.70. The number of hydrogen-bond acceptors (Lipinski definition) is 2. The highest BCUT2D eigenvalue weighted by molar-refractivity contribution is 5.88. The van der Waals surface area contributed by atoms with Gasteiger partial charge in [0.15, 0.2) is 5.82 Å². The summed E-state index contributed by atoms with van der Waals surface area (Å²) in [5, 5.41) is 8.98. The Labute approximate surface area is 170 Å². The summed E-state index contributed by atoms with van der Waals surface area (Å²) in [7, 11) is 0. The predicted molar refractivity (Wildman–Crippen MR) is 104 cm³/mol. The van der Waals surface area contributed by atoms with Crippen LogP contribution in [0.4, 0.5) is 28.2 Å². The molecule has 0 bridgehead atoms. The van der Waals surface area contributed by atoms with Crippen LogP contribution in [0.25, 0.3) is 0 Å². The molecule has 2 aromatic carbocycles. The molecule has 3 rings (SSSR count). The fourth-order valence-electron chi connectivity index (χ4n) is 3.04. The molecule has 158 valence electrons. The van der Waals surface area contributed by atoms with Gasteiger partial charge >= 0.3 is 6.03 Å². The molecule has 9 heteroatoms. The smallest absolute Gasteiger partial charge is 0.320 e. The molecular weight excluding hydrogens is 400 g/mol. The molecule has 0 saturated carbocycles. The number of anilines is 1. The lowest BCUT2D eigenvalue weighted by atomic mass is 9.98. The number of carbonyl (C=O) groups is 1. The van der Waals surface area contributed by atoms with Crippen LogP contribution in [0.3, 0.4) is 0 Å². The minimum absolute atomic E-state index is 0.0867. The highest BCUT2D eigenvalue weighted by atomic mass is 19.3. The molecule has 0 spiro atoms. The molecule has 0 atom stereocenters. The molecule has 0 radical (unpaired) electrons. The summed E-state index contributed by atoms with van der Waals surface area (Å²) in [6, 6.07) is 12.4. The number of alkyl halides is 2. The minimum Gasteiger partial charge on any atom is -0.334 e. The van der Waals surface area contributed by atoms with Crippen LogP contribution < -0.4 is 10.6 Å². The summed E-state index contributed by atoms with van der Waals surface area (Å²) in [6.07, 6.45) is -0.988. The Morgan fingerprint density at radius 2 is 1.50 bits per heavy atom. The zero-order valence-corrected chi connectivity index (χ0v) is 15.9. The molecule has 5 nitrogen and oxygen atoms in total. The van der Waals surface area contributed by atoms with Gasteiger partial charge in [-0.15, -0.1) is 0 Å². The molecule has 2 amide bonds. The molecule has 30 heavy (non-hydrogen) atoms. The predicted octanol–water partition coefficient (Wildman–Crippen LogP) is 4.40. The first kappa shape index (κ1) is 21.4. The van der Waals surface area contributed by atoms with Crippen LogP contribution in [0, 0.1) is 11.6 Å². The summed E-state index contributed by atoms with van der Waals surface area (Å²) in [6.45, 7) is -0.591. The zero-order valence-electron chi connectivity index (χ0n) is 15.9. The molecule has 0 saturated heterocycles. The van der Waals surface area contributed by atoms with Crippen LogP contribution in [-0.4, -0.2) is 28.3 Å². The maximum absolute atomic E-state index is 14.1. The topological polar surface area (TPSA) is 59.0 Å². The molecule has 1 heterocycles. The van der Waals surface area contributed by atoms with E-state index in [9.17, 15) is 22.4 Å². The van der Waals surface area contributed by atoms with E-state index in [4.69, 9.17) is 0 Å². The second-order valence-electron chi connectivity index (χ2n) is 6.70. The average molecular weight is 420 g/mol. The number of aromatic nitrogens is 2. The van der Waals surface area contributed by atoms with Crippen molar-refractivity contribution in [2.45, 2.75) is 31.9 Å². The third-order valence-corrected chi connectivity index (χ3v) is 4.39. The Bertz CT molecular complexity index is 945. The van der Waals surface area contributed by atoms with Crippen molar-refractivity contribution in [2.24, 2.45) is 0 Å². The molecular formula is C21H20F4N4O. The van der Waals surface area contributed by atoms with Crippen molar-refractivity contribution in [2.75, 3.05) is 5.32 Å². The van der Waals surface area contributed by atoms with Crippen LogP contribution in [0.1, 0.15) is 11.1 Å². The fraction of sp³-hybridized carbons (Fsp3) is 0.238. The number of urea groups is 1. The maximum atomic E-state index is 14.1. The normalized spacial score (nSPS) is 11.1. The van der Waals surface area contributed by atoms with Gasteiger partial charge in [0.05, 0.1) is 0 Å². The van der Waals surface area contributed by atoms with E-state index < -0.39 is 36.7 Å². The van der Waals surface area contributed by atoms with Crippen LogP contribution in [0.15, 0.2) is 60.8 Å². The van der Waals surface area contributed by atoms with Crippen LogP contribution in [0.2, 0.25) is 0 Å². The number of carbonyl (C=O) groups excluding carboxylic acids is 1. The highest BCUT2D eigenvalue weighted by Crippen LogP contribution is 2.15. The van der Waals surface area contributed by atoms with Crippen molar-refractivity contribution < 1.29 is 22.4 Å². The number of halogens is 4. The molecule has 2 N–H and O–H groups in total. The van der Waals surface area contributed by atoms with Gasteiger partial charge in [0.2, 0.25) is 0 Å². The van der Waals surface area contributed by atoms with Gasteiger partial charge in [0.1, 0.15) is 18.2 Å². The van der Waals surface area contributed by atoms with Crippen molar-refractivity contribution >= 4 is 11.8 Å². The molecule has 0 aliphatic heterocycles. The van der Waals surface area contributed by atoms with Crippen molar-refractivity contribution in [3.8, 4) is 0 Å².